The summed E-state index contributed by atoms with van der Waals surface area (Å²) < 4.78 is 0. The SMILES string of the molecule is CCC(C)N(C)CCNC(c1ccc(Cl)cc1)C1CC1. The number of hydrogen-bond acceptors (Lipinski definition) is 2. The Kier molecular flexibility index (Phi) is 5.88. The van der Waals surface area contributed by atoms with E-state index < -0.39 is 0 Å². The van der Waals surface area contributed by atoms with Crippen LogP contribution in [-0.4, -0.2) is 31.1 Å². The average Bonchev–Trinajstić information content (AvgIpc) is 3.28. The van der Waals surface area contributed by atoms with E-state index in [4.69, 9.17) is 11.6 Å². The lowest BCUT2D eigenvalue weighted by molar-refractivity contribution is 0.246. The van der Waals surface area contributed by atoms with Gasteiger partial charge in [0.25, 0.3) is 0 Å². The van der Waals surface area contributed by atoms with Crippen LogP contribution in [0.5, 0.6) is 0 Å². The Morgan fingerprint density at radius 1 is 1.30 bits per heavy atom. The van der Waals surface area contributed by atoms with Crippen molar-refractivity contribution in [2.75, 3.05) is 20.1 Å². The molecule has 2 rings (SSSR count). The van der Waals surface area contributed by atoms with Gasteiger partial charge in [-0.1, -0.05) is 30.7 Å². The molecule has 0 heterocycles. The van der Waals surface area contributed by atoms with E-state index in [1.807, 2.05) is 12.1 Å². The summed E-state index contributed by atoms with van der Waals surface area (Å²) in [6, 6.07) is 9.48. The van der Waals surface area contributed by atoms with Gasteiger partial charge >= 0.3 is 0 Å². The van der Waals surface area contributed by atoms with Crippen LogP contribution < -0.4 is 5.32 Å². The maximum absolute atomic E-state index is 5.98. The van der Waals surface area contributed by atoms with Gasteiger partial charge in [0.05, 0.1) is 0 Å². The minimum absolute atomic E-state index is 0.498. The smallest absolute Gasteiger partial charge is 0.0406 e. The van der Waals surface area contributed by atoms with E-state index in [9.17, 15) is 0 Å². The number of hydrogen-bond donors (Lipinski definition) is 1. The molecule has 20 heavy (non-hydrogen) atoms. The van der Waals surface area contributed by atoms with Crippen LogP contribution in [0.25, 0.3) is 0 Å². The van der Waals surface area contributed by atoms with Crippen molar-refractivity contribution in [3.63, 3.8) is 0 Å². The van der Waals surface area contributed by atoms with Crippen molar-refractivity contribution in [1.29, 1.82) is 0 Å². The highest BCUT2D eigenvalue weighted by Crippen LogP contribution is 2.41. The molecule has 2 atom stereocenters. The summed E-state index contributed by atoms with van der Waals surface area (Å²) in [5, 5.41) is 4.56. The van der Waals surface area contributed by atoms with Gasteiger partial charge < -0.3 is 10.2 Å². The lowest BCUT2D eigenvalue weighted by Crippen LogP contribution is -2.36. The minimum atomic E-state index is 0.498. The quantitative estimate of drug-likeness (QED) is 0.776. The van der Waals surface area contributed by atoms with Gasteiger partial charge in [0.1, 0.15) is 0 Å². The molecule has 1 aromatic rings. The monoisotopic (exact) mass is 294 g/mol. The topological polar surface area (TPSA) is 15.3 Å². The number of nitrogens with zero attached hydrogens (tertiary/aromatic N) is 1. The third kappa shape index (κ3) is 4.47. The highest BCUT2D eigenvalue weighted by molar-refractivity contribution is 6.30. The van der Waals surface area contributed by atoms with Crippen molar-refractivity contribution >= 4 is 11.6 Å². The van der Waals surface area contributed by atoms with Gasteiger partial charge in [0.15, 0.2) is 0 Å². The fourth-order valence-electron chi connectivity index (χ4n) is 2.58. The molecule has 2 unspecified atom stereocenters. The lowest BCUT2D eigenvalue weighted by atomic mass is 10.0. The molecule has 1 fully saturated rings. The van der Waals surface area contributed by atoms with Gasteiger partial charge in [-0.05, 0) is 56.8 Å². The van der Waals surface area contributed by atoms with Gasteiger partial charge in [-0.25, -0.2) is 0 Å². The van der Waals surface area contributed by atoms with E-state index in [1.165, 1.54) is 24.8 Å². The van der Waals surface area contributed by atoms with Crippen molar-refractivity contribution in [3.8, 4) is 0 Å². The zero-order valence-corrected chi connectivity index (χ0v) is 13.7. The van der Waals surface area contributed by atoms with Crippen molar-refractivity contribution in [3.05, 3.63) is 34.9 Å². The third-order valence-electron chi connectivity index (χ3n) is 4.49. The van der Waals surface area contributed by atoms with Crippen LogP contribution in [0.1, 0.15) is 44.7 Å². The molecule has 0 bridgehead atoms. The van der Waals surface area contributed by atoms with Gasteiger partial charge in [0, 0.05) is 30.2 Å². The molecule has 3 heteroatoms. The molecule has 0 aromatic heterocycles. The Morgan fingerprint density at radius 2 is 1.95 bits per heavy atom. The van der Waals surface area contributed by atoms with Gasteiger partial charge in [-0.3, -0.25) is 0 Å². The average molecular weight is 295 g/mol. The Hall–Kier alpha value is -0.570. The van der Waals surface area contributed by atoms with Gasteiger partial charge in [-0.15, -0.1) is 0 Å². The molecule has 1 saturated carbocycles. The Morgan fingerprint density at radius 3 is 2.50 bits per heavy atom. The number of halogens is 1. The number of nitrogens with one attached hydrogen (secondary N) is 1. The fraction of sp³-hybridized carbons (Fsp3) is 0.647. The first-order valence-corrected chi connectivity index (χ1v) is 8.18. The molecule has 0 spiro atoms. The standard InChI is InChI=1S/C17H27ClN2/c1-4-13(2)20(3)12-11-19-17(14-5-6-14)15-7-9-16(18)10-8-15/h7-10,13-14,17,19H,4-6,11-12H2,1-3H3. The van der Waals surface area contributed by atoms with E-state index in [1.54, 1.807) is 0 Å². The van der Waals surface area contributed by atoms with Crippen molar-refractivity contribution in [2.45, 2.75) is 45.2 Å². The second-order valence-corrected chi connectivity index (χ2v) is 6.50. The summed E-state index contributed by atoms with van der Waals surface area (Å²) in [6.45, 7) is 6.68. The molecule has 112 valence electrons. The number of benzene rings is 1. The molecule has 2 nitrogen and oxygen atoms in total. The first kappa shape index (κ1) is 15.8. The summed E-state index contributed by atoms with van der Waals surface area (Å²) in [7, 11) is 2.21. The van der Waals surface area contributed by atoms with Crippen LogP contribution in [0.3, 0.4) is 0 Å². The summed E-state index contributed by atoms with van der Waals surface area (Å²) in [5.41, 5.74) is 1.38. The highest BCUT2D eigenvalue weighted by atomic mass is 35.5. The Labute approximate surface area is 128 Å². The summed E-state index contributed by atoms with van der Waals surface area (Å²) >= 11 is 5.98. The lowest BCUT2D eigenvalue weighted by Gasteiger charge is -2.25. The third-order valence-corrected chi connectivity index (χ3v) is 4.75. The molecule has 1 aromatic carbocycles. The fourth-order valence-corrected chi connectivity index (χ4v) is 2.71. The van der Waals surface area contributed by atoms with E-state index >= 15 is 0 Å². The Bertz CT molecular complexity index is 400. The second kappa shape index (κ2) is 7.44. The first-order chi connectivity index (χ1) is 9.61. The van der Waals surface area contributed by atoms with Crippen molar-refractivity contribution < 1.29 is 0 Å². The molecule has 1 aliphatic carbocycles. The predicted octanol–water partition coefficient (Wildman–Crippen LogP) is 4.11. The molecule has 0 amide bonds. The molecule has 0 saturated heterocycles. The molecule has 1 N–H and O–H groups in total. The summed E-state index contributed by atoms with van der Waals surface area (Å²) in [6.07, 6.45) is 3.91. The number of likely N-dealkylation sites (N-methyl/N-ethyl adjacent to an activating group) is 1. The first-order valence-electron chi connectivity index (χ1n) is 7.81. The van der Waals surface area contributed by atoms with E-state index in [-0.39, 0.29) is 0 Å². The highest BCUT2D eigenvalue weighted by Gasteiger charge is 2.31. The molecular formula is C17H27ClN2. The zero-order valence-electron chi connectivity index (χ0n) is 12.9. The van der Waals surface area contributed by atoms with Crippen LogP contribution in [-0.2, 0) is 0 Å². The van der Waals surface area contributed by atoms with E-state index in [0.717, 1.165) is 24.0 Å². The van der Waals surface area contributed by atoms with Crippen LogP contribution in [0.4, 0.5) is 0 Å². The van der Waals surface area contributed by atoms with Crippen LogP contribution >= 0.6 is 11.6 Å². The van der Waals surface area contributed by atoms with Crippen LogP contribution in [0, 0.1) is 5.92 Å². The molecule has 0 aliphatic heterocycles. The number of rotatable bonds is 8. The van der Waals surface area contributed by atoms with E-state index in [2.05, 4.69) is 43.2 Å². The normalized spacial score (nSPS) is 18.2. The Balaban J connectivity index is 1.86. The van der Waals surface area contributed by atoms with Crippen molar-refractivity contribution in [2.24, 2.45) is 5.92 Å². The summed E-state index contributed by atoms with van der Waals surface area (Å²) in [4.78, 5) is 2.43. The van der Waals surface area contributed by atoms with E-state index in [0.29, 0.717) is 12.1 Å². The van der Waals surface area contributed by atoms with Crippen LogP contribution in [0.15, 0.2) is 24.3 Å². The van der Waals surface area contributed by atoms with Gasteiger partial charge in [-0.2, -0.15) is 0 Å². The zero-order chi connectivity index (χ0) is 14.5. The largest absolute Gasteiger partial charge is 0.308 e. The molecular weight excluding hydrogens is 268 g/mol. The molecule has 1 aliphatic rings. The maximum atomic E-state index is 5.98. The van der Waals surface area contributed by atoms with Gasteiger partial charge in [0.2, 0.25) is 0 Å². The maximum Gasteiger partial charge on any atom is 0.0406 e. The van der Waals surface area contributed by atoms with Crippen LogP contribution in [0.2, 0.25) is 5.02 Å². The minimum Gasteiger partial charge on any atom is -0.308 e. The summed E-state index contributed by atoms with van der Waals surface area (Å²) in [5.74, 6) is 0.810. The molecule has 0 radical (unpaired) electrons. The predicted molar refractivity (Wildman–Crippen MR) is 87.3 cm³/mol. The second-order valence-electron chi connectivity index (χ2n) is 6.06. The van der Waals surface area contributed by atoms with Crippen molar-refractivity contribution in [1.82, 2.24) is 10.2 Å².